The molecule has 0 aromatic carbocycles. The van der Waals surface area contributed by atoms with Crippen LogP contribution in [0.4, 0.5) is 0 Å². The van der Waals surface area contributed by atoms with Crippen LogP contribution in [0.5, 0.6) is 0 Å². The maximum atomic E-state index is 12.1. The van der Waals surface area contributed by atoms with Crippen LogP contribution >= 0.6 is 35.3 Å². The van der Waals surface area contributed by atoms with E-state index in [-0.39, 0.29) is 42.3 Å². The van der Waals surface area contributed by atoms with Gasteiger partial charge < -0.3 is 20.4 Å². The van der Waals surface area contributed by atoms with Crippen LogP contribution in [-0.2, 0) is 16.0 Å². The van der Waals surface area contributed by atoms with E-state index in [9.17, 15) is 9.59 Å². The zero-order valence-corrected chi connectivity index (χ0v) is 19.7. The molecular formula is C19H30IN5O2S. The molecule has 1 saturated carbocycles. The van der Waals surface area contributed by atoms with Crippen molar-refractivity contribution in [1.82, 2.24) is 20.4 Å². The number of halogens is 1. The number of nitrogens with zero attached hydrogens (tertiary/aromatic N) is 3. The first kappa shape index (κ1) is 22.9. The zero-order valence-electron chi connectivity index (χ0n) is 16.5. The van der Waals surface area contributed by atoms with Crippen LogP contribution < -0.4 is 10.6 Å². The van der Waals surface area contributed by atoms with Crippen LogP contribution in [0.15, 0.2) is 22.5 Å². The van der Waals surface area contributed by atoms with Crippen molar-refractivity contribution in [3.8, 4) is 0 Å². The van der Waals surface area contributed by atoms with E-state index >= 15 is 0 Å². The first-order chi connectivity index (χ1) is 13.0. The maximum Gasteiger partial charge on any atom is 0.243 e. The molecule has 1 aromatic heterocycles. The molecule has 2 amide bonds. The van der Waals surface area contributed by atoms with Crippen molar-refractivity contribution in [3.63, 3.8) is 0 Å². The Morgan fingerprint density at radius 2 is 2.14 bits per heavy atom. The number of rotatable bonds is 8. The highest BCUT2D eigenvalue weighted by Gasteiger charge is 2.39. The van der Waals surface area contributed by atoms with Gasteiger partial charge >= 0.3 is 0 Å². The third-order valence-electron chi connectivity index (χ3n) is 4.90. The van der Waals surface area contributed by atoms with Gasteiger partial charge in [0.15, 0.2) is 5.96 Å². The minimum Gasteiger partial charge on any atom is -0.356 e. The van der Waals surface area contributed by atoms with Crippen molar-refractivity contribution >= 4 is 53.1 Å². The SMILES string of the molecule is CN(C)C(=O)CN=C(NCCc1cccs1)NCC1CC(=O)N(C2CC2)C1.I. The van der Waals surface area contributed by atoms with E-state index < -0.39 is 0 Å². The van der Waals surface area contributed by atoms with E-state index in [0.717, 1.165) is 32.4 Å². The Morgan fingerprint density at radius 3 is 2.79 bits per heavy atom. The predicted molar refractivity (Wildman–Crippen MR) is 123 cm³/mol. The standard InChI is InChI=1S/C19H29N5O2S.HI/c1-23(2)18(26)12-22-19(20-8-7-16-4-3-9-27-16)21-11-14-10-17(25)24(13-14)15-5-6-15;/h3-4,9,14-15H,5-8,10-13H2,1-2H3,(H2,20,21,22);1H. The van der Waals surface area contributed by atoms with Crippen molar-refractivity contribution in [1.29, 1.82) is 0 Å². The van der Waals surface area contributed by atoms with Crippen molar-refractivity contribution in [2.24, 2.45) is 10.9 Å². The lowest BCUT2D eigenvalue weighted by atomic mass is 10.1. The molecule has 1 aliphatic carbocycles. The third-order valence-corrected chi connectivity index (χ3v) is 5.84. The highest BCUT2D eigenvalue weighted by molar-refractivity contribution is 14.0. The molecule has 1 atom stereocenters. The number of likely N-dealkylation sites (N-methyl/N-ethyl adjacent to an activating group) is 1. The summed E-state index contributed by atoms with van der Waals surface area (Å²) in [7, 11) is 3.46. The number of thiophene rings is 1. The number of likely N-dealkylation sites (tertiary alicyclic amines) is 1. The molecule has 2 aliphatic rings. The average Bonchev–Trinajstić information content (AvgIpc) is 3.21. The minimum atomic E-state index is -0.0368. The second-order valence-corrected chi connectivity index (χ2v) is 8.47. The van der Waals surface area contributed by atoms with Gasteiger partial charge in [0.1, 0.15) is 6.54 Å². The summed E-state index contributed by atoms with van der Waals surface area (Å²) >= 11 is 1.74. The number of amides is 2. The van der Waals surface area contributed by atoms with Crippen LogP contribution in [0.25, 0.3) is 0 Å². The summed E-state index contributed by atoms with van der Waals surface area (Å²) in [5.41, 5.74) is 0. The summed E-state index contributed by atoms with van der Waals surface area (Å²) in [5, 5.41) is 8.71. The molecule has 7 nitrogen and oxygen atoms in total. The van der Waals surface area contributed by atoms with Gasteiger partial charge in [0.25, 0.3) is 0 Å². The summed E-state index contributed by atoms with van der Waals surface area (Å²) < 4.78 is 0. The second kappa shape index (κ2) is 11.0. The normalized spacial score (nSPS) is 19.4. The molecule has 0 bridgehead atoms. The van der Waals surface area contributed by atoms with Gasteiger partial charge in [-0.15, -0.1) is 35.3 Å². The third kappa shape index (κ3) is 6.91. The van der Waals surface area contributed by atoms with Crippen molar-refractivity contribution in [2.45, 2.75) is 31.7 Å². The van der Waals surface area contributed by atoms with Gasteiger partial charge in [-0.3, -0.25) is 9.59 Å². The lowest BCUT2D eigenvalue weighted by Gasteiger charge is -2.17. The second-order valence-electron chi connectivity index (χ2n) is 7.44. The summed E-state index contributed by atoms with van der Waals surface area (Å²) in [6.45, 7) is 2.38. The van der Waals surface area contributed by atoms with Gasteiger partial charge in [-0.1, -0.05) is 6.07 Å². The highest BCUT2D eigenvalue weighted by Crippen LogP contribution is 2.32. The molecule has 156 valence electrons. The summed E-state index contributed by atoms with van der Waals surface area (Å²) in [4.78, 5) is 33.3. The van der Waals surface area contributed by atoms with Crippen LogP contribution in [0.2, 0.25) is 0 Å². The van der Waals surface area contributed by atoms with E-state index in [1.807, 2.05) is 11.0 Å². The summed E-state index contributed by atoms with van der Waals surface area (Å²) in [6.07, 6.45) is 3.81. The van der Waals surface area contributed by atoms with Gasteiger partial charge in [-0.05, 0) is 30.7 Å². The van der Waals surface area contributed by atoms with Crippen LogP contribution in [-0.4, -0.2) is 73.9 Å². The largest absolute Gasteiger partial charge is 0.356 e. The van der Waals surface area contributed by atoms with E-state index in [2.05, 4.69) is 27.1 Å². The quantitative estimate of drug-likeness (QED) is 0.311. The molecule has 0 spiro atoms. The molecule has 1 aliphatic heterocycles. The van der Waals surface area contributed by atoms with Gasteiger partial charge in [-0.25, -0.2) is 4.99 Å². The van der Waals surface area contributed by atoms with Crippen LogP contribution in [0.3, 0.4) is 0 Å². The van der Waals surface area contributed by atoms with Crippen molar-refractivity contribution < 1.29 is 9.59 Å². The molecule has 3 rings (SSSR count). The fourth-order valence-electron chi connectivity index (χ4n) is 3.15. The Bertz CT molecular complexity index is 676. The lowest BCUT2D eigenvalue weighted by Crippen LogP contribution is -2.42. The molecule has 1 aromatic rings. The number of hydrogen-bond acceptors (Lipinski definition) is 4. The number of aliphatic imine (C=N–C) groups is 1. The first-order valence-electron chi connectivity index (χ1n) is 9.57. The molecule has 9 heteroatoms. The molecular weight excluding hydrogens is 489 g/mol. The molecule has 1 saturated heterocycles. The Hall–Kier alpha value is -1.36. The first-order valence-corrected chi connectivity index (χ1v) is 10.4. The highest BCUT2D eigenvalue weighted by atomic mass is 127. The Balaban J connectivity index is 0.00000280. The lowest BCUT2D eigenvalue weighted by molar-refractivity contribution is -0.128. The molecule has 28 heavy (non-hydrogen) atoms. The Morgan fingerprint density at radius 1 is 1.36 bits per heavy atom. The monoisotopic (exact) mass is 519 g/mol. The molecule has 2 fully saturated rings. The molecule has 2 heterocycles. The summed E-state index contributed by atoms with van der Waals surface area (Å²) in [6, 6.07) is 4.64. The number of hydrogen-bond donors (Lipinski definition) is 2. The minimum absolute atomic E-state index is 0. The smallest absolute Gasteiger partial charge is 0.243 e. The van der Waals surface area contributed by atoms with E-state index in [1.54, 1.807) is 25.4 Å². The predicted octanol–water partition coefficient (Wildman–Crippen LogP) is 1.54. The van der Waals surface area contributed by atoms with Gasteiger partial charge in [0.2, 0.25) is 11.8 Å². The number of guanidine groups is 1. The zero-order chi connectivity index (χ0) is 19.2. The van der Waals surface area contributed by atoms with Crippen molar-refractivity contribution in [2.75, 3.05) is 40.3 Å². The van der Waals surface area contributed by atoms with Gasteiger partial charge in [0, 0.05) is 57.0 Å². The number of nitrogens with one attached hydrogen (secondary N) is 2. The van der Waals surface area contributed by atoms with Gasteiger partial charge in [-0.2, -0.15) is 0 Å². The summed E-state index contributed by atoms with van der Waals surface area (Å²) in [5.74, 6) is 1.17. The molecule has 0 radical (unpaired) electrons. The maximum absolute atomic E-state index is 12.1. The topological polar surface area (TPSA) is 77.0 Å². The van der Waals surface area contributed by atoms with E-state index in [0.29, 0.717) is 30.9 Å². The number of carbonyl (C=O) groups is 2. The average molecular weight is 519 g/mol. The molecule has 2 N–H and O–H groups in total. The number of carbonyl (C=O) groups excluding carboxylic acids is 2. The fourth-order valence-corrected chi connectivity index (χ4v) is 3.86. The fraction of sp³-hybridized carbons (Fsp3) is 0.632. The van der Waals surface area contributed by atoms with Gasteiger partial charge in [0.05, 0.1) is 0 Å². The Labute approximate surface area is 188 Å². The molecule has 1 unspecified atom stereocenters. The Kier molecular flexibility index (Phi) is 9.00. The van der Waals surface area contributed by atoms with Crippen molar-refractivity contribution in [3.05, 3.63) is 22.4 Å². The van der Waals surface area contributed by atoms with Crippen LogP contribution in [0.1, 0.15) is 24.1 Å². The van der Waals surface area contributed by atoms with E-state index in [4.69, 9.17) is 0 Å². The van der Waals surface area contributed by atoms with Crippen LogP contribution in [0, 0.1) is 5.92 Å². The van der Waals surface area contributed by atoms with E-state index in [1.165, 1.54) is 9.78 Å².